The molecule has 1 heterocycles. The lowest BCUT2D eigenvalue weighted by molar-refractivity contribution is 0.304. The fourth-order valence-corrected chi connectivity index (χ4v) is 0.913. The molecule has 9 heavy (non-hydrogen) atoms. The molecule has 4 nitrogen and oxygen atoms in total. The van der Waals surface area contributed by atoms with Crippen molar-refractivity contribution in [2.45, 2.75) is 4.17 Å². The van der Waals surface area contributed by atoms with Crippen LogP contribution < -0.4 is 0 Å². The predicted molar refractivity (Wildman–Crippen MR) is 41.5 cm³/mol. The van der Waals surface area contributed by atoms with Gasteiger partial charge in [-0.15, -0.1) is 0 Å². The van der Waals surface area contributed by atoms with E-state index in [2.05, 4.69) is 27.7 Å². The van der Waals surface area contributed by atoms with E-state index in [0.717, 1.165) is 0 Å². The van der Waals surface area contributed by atoms with Gasteiger partial charge < -0.3 is 0 Å². The van der Waals surface area contributed by atoms with Crippen LogP contribution in [0.5, 0.6) is 0 Å². The first-order chi connectivity index (χ1) is 4.25. The quantitative estimate of drug-likeness (QED) is 0.264. The second-order valence-electron chi connectivity index (χ2n) is 1.62. The zero-order chi connectivity index (χ0) is 6.85. The van der Waals surface area contributed by atoms with E-state index in [4.69, 9.17) is 5.26 Å². The fraction of sp³-hybridized carbons (Fsp3) is 0.500. The van der Waals surface area contributed by atoms with Crippen LogP contribution in [0.4, 0.5) is 0 Å². The number of rotatable bonds is 0. The van der Waals surface area contributed by atoms with Crippen LogP contribution in [0.3, 0.4) is 0 Å². The van der Waals surface area contributed by atoms with Gasteiger partial charge in [-0.25, -0.2) is 4.90 Å². The summed E-state index contributed by atoms with van der Waals surface area (Å²) in [6.45, 7) is 0. The van der Waals surface area contributed by atoms with Crippen molar-refractivity contribution in [3.05, 3.63) is 0 Å². The molecule has 1 aliphatic heterocycles. The molecule has 0 bridgehead atoms. The van der Waals surface area contributed by atoms with E-state index in [-0.39, 0.29) is 4.17 Å². The highest BCUT2D eigenvalue weighted by Gasteiger charge is 2.20. The van der Waals surface area contributed by atoms with Gasteiger partial charge in [-0.3, -0.25) is 5.01 Å². The highest BCUT2D eigenvalue weighted by atomic mass is 127. The molecular weight excluding hydrogens is 231 g/mol. The Morgan fingerprint density at radius 2 is 2.56 bits per heavy atom. The molecule has 0 fully saturated rings. The first kappa shape index (κ1) is 6.61. The number of nitrogens with zero attached hydrogens (tertiary/aromatic N) is 4. The Hall–Kier alpha value is -0.510. The highest BCUT2D eigenvalue weighted by molar-refractivity contribution is 14.1. The van der Waals surface area contributed by atoms with Gasteiger partial charge in [0.25, 0.3) is 0 Å². The highest BCUT2D eigenvalue weighted by Crippen LogP contribution is 2.14. The largest absolute Gasteiger partial charge is 0.266 e. The molecule has 5 heteroatoms. The van der Waals surface area contributed by atoms with Gasteiger partial charge in [0.15, 0.2) is 10.4 Å². The monoisotopic (exact) mass is 236 g/mol. The molecule has 0 aromatic heterocycles. The minimum absolute atomic E-state index is 0.0487. The summed E-state index contributed by atoms with van der Waals surface area (Å²) < 4.78 is 0.0487. The summed E-state index contributed by atoms with van der Waals surface area (Å²) in [5, 5.41) is 14.0. The minimum Gasteiger partial charge on any atom is -0.266 e. The average Bonchev–Trinajstić information content (AvgIpc) is 2.15. The molecule has 48 valence electrons. The summed E-state index contributed by atoms with van der Waals surface area (Å²) >= 11 is 2.12. The van der Waals surface area contributed by atoms with Gasteiger partial charge in [-0.1, -0.05) is 0 Å². The van der Waals surface area contributed by atoms with Crippen molar-refractivity contribution in [2.24, 2.45) is 5.10 Å². The number of hydrogen-bond donors (Lipinski definition) is 0. The molecule has 1 rings (SSSR count). The van der Waals surface area contributed by atoms with Crippen LogP contribution in [0.1, 0.15) is 0 Å². The lowest BCUT2D eigenvalue weighted by Gasteiger charge is -2.15. The third kappa shape index (κ3) is 1.08. The van der Waals surface area contributed by atoms with Gasteiger partial charge in [0, 0.05) is 7.05 Å². The maximum Gasteiger partial charge on any atom is 0.187 e. The number of alkyl halides is 1. The van der Waals surface area contributed by atoms with Crippen molar-refractivity contribution >= 4 is 28.9 Å². The second kappa shape index (κ2) is 2.39. The summed E-state index contributed by atoms with van der Waals surface area (Å²) in [5.41, 5.74) is 0. The third-order valence-electron chi connectivity index (χ3n) is 1.01. The van der Waals surface area contributed by atoms with Crippen LogP contribution in [0.15, 0.2) is 5.10 Å². The molecule has 0 spiro atoms. The molecule has 0 radical (unpaired) electrons. The van der Waals surface area contributed by atoms with Crippen LogP contribution in [0, 0.1) is 11.5 Å². The van der Waals surface area contributed by atoms with Crippen molar-refractivity contribution in [3.63, 3.8) is 0 Å². The first-order valence-electron chi connectivity index (χ1n) is 2.35. The Bertz CT molecular complexity index is 172. The van der Waals surface area contributed by atoms with E-state index in [1.54, 1.807) is 5.01 Å². The molecule has 0 saturated carbocycles. The van der Waals surface area contributed by atoms with Crippen molar-refractivity contribution in [1.29, 1.82) is 5.26 Å². The average molecular weight is 236 g/mol. The van der Waals surface area contributed by atoms with Gasteiger partial charge in [-0.2, -0.15) is 10.4 Å². The Labute approximate surface area is 66.9 Å². The Morgan fingerprint density at radius 1 is 1.89 bits per heavy atom. The summed E-state index contributed by atoms with van der Waals surface area (Å²) in [7, 11) is 1.82. The van der Waals surface area contributed by atoms with Crippen molar-refractivity contribution in [2.75, 3.05) is 7.05 Å². The molecule has 0 amide bonds. The first-order valence-corrected chi connectivity index (χ1v) is 3.59. The molecular formula is C4H5IN4. The SMILES string of the molecule is CN1N=CN(C#N)C1I. The topological polar surface area (TPSA) is 42.6 Å². The van der Waals surface area contributed by atoms with E-state index in [1.807, 2.05) is 13.2 Å². The fourth-order valence-electron chi connectivity index (χ4n) is 0.501. The van der Waals surface area contributed by atoms with E-state index >= 15 is 0 Å². The summed E-state index contributed by atoms with van der Waals surface area (Å²) in [6, 6.07) is 0. The number of halogens is 1. The zero-order valence-corrected chi connectivity index (χ0v) is 6.98. The molecule has 0 aromatic carbocycles. The van der Waals surface area contributed by atoms with Gasteiger partial charge in [0.05, 0.1) is 0 Å². The number of nitriles is 1. The maximum atomic E-state index is 8.41. The molecule has 0 N–H and O–H groups in total. The Morgan fingerprint density at radius 3 is 2.78 bits per heavy atom. The maximum absolute atomic E-state index is 8.41. The summed E-state index contributed by atoms with van der Waals surface area (Å²) in [5.74, 6) is 0. The minimum atomic E-state index is 0.0487. The normalized spacial score (nSPS) is 24.8. The molecule has 0 aliphatic carbocycles. The number of hydrazone groups is 1. The van der Waals surface area contributed by atoms with Crippen LogP contribution in [0.2, 0.25) is 0 Å². The second-order valence-corrected chi connectivity index (χ2v) is 2.74. The van der Waals surface area contributed by atoms with Crippen LogP contribution >= 0.6 is 22.6 Å². The van der Waals surface area contributed by atoms with Crippen molar-refractivity contribution < 1.29 is 0 Å². The van der Waals surface area contributed by atoms with Gasteiger partial charge in [0.2, 0.25) is 0 Å². The van der Waals surface area contributed by atoms with E-state index in [0.29, 0.717) is 0 Å². The molecule has 1 aliphatic rings. The van der Waals surface area contributed by atoms with E-state index in [9.17, 15) is 0 Å². The van der Waals surface area contributed by atoms with Gasteiger partial charge >= 0.3 is 0 Å². The molecule has 1 atom stereocenters. The van der Waals surface area contributed by atoms with Gasteiger partial charge in [0.1, 0.15) is 6.34 Å². The standard InChI is InChI=1S/C4H5IN4/c1-8-4(5)9(2-6)3-7-8/h3-4H,1H3. The smallest absolute Gasteiger partial charge is 0.187 e. The van der Waals surface area contributed by atoms with Gasteiger partial charge in [-0.05, 0) is 22.6 Å². The predicted octanol–water partition coefficient (Wildman–Crippen LogP) is 0.377. The summed E-state index contributed by atoms with van der Waals surface area (Å²) in [6.07, 6.45) is 3.49. The van der Waals surface area contributed by atoms with E-state index < -0.39 is 0 Å². The Kier molecular flexibility index (Phi) is 1.75. The molecule has 0 aromatic rings. The Balaban J connectivity index is 2.65. The van der Waals surface area contributed by atoms with Crippen molar-refractivity contribution in [1.82, 2.24) is 9.91 Å². The van der Waals surface area contributed by atoms with Crippen LogP contribution in [0.25, 0.3) is 0 Å². The zero-order valence-electron chi connectivity index (χ0n) is 4.82. The third-order valence-corrected chi connectivity index (χ3v) is 2.42. The van der Waals surface area contributed by atoms with Crippen LogP contribution in [-0.4, -0.2) is 27.5 Å². The van der Waals surface area contributed by atoms with E-state index in [1.165, 1.54) is 11.2 Å². The molecule has 0 saturated heterocycles. The summed E-state index contributed by atoms with van der Waals surface area (Å²) in [4.78, 5) is 1.47. The lowest BCUT2D eigenvalue weighted by Crippen LogP contribution is -2.28. The van der Waals surface area contributed by atoms with Crippen LogP contribution in [-0.2, 0) is 0 Å². The molecule has 1 unspecified atom stereocenters. The lowest BCUT2D eigenvalue weighted by atomic mass is 10.8. The number of hydrogen-bond acceptors (Lipinski definition) is 4. The van der Waals surface area contributed by atoms with Crippen molar-refractivity contribution in [3.8, 4) is 6.19 Å².